The first-order chi connectivity index (χ1) is 16.8. The van der Waals surface area contributed by atoms with E-state index in [2.05, 4.69) is 32.8 Å². The van der Waals surface area contributed by atoms with Crippen LogP contribution in [0, 0.1) is 0 Å². The van der Waals surface area contributed by atoms with Gasteiger partial charge in [0.15, 0.2) is 5.78 Å². The molecule has 3 aromatic rings. The summed E-state index contributed by atoms with van der Waals surface area (Å²) >= 11 is 0. The van der Waals surface area contributed by atoms with E-state index in [1.54, 1.807) is 36.4 Å². The molecular formula is C23H27N7O5. The van der Waals surface area contributed by atoms with Crippen LogP contribution in [0.3, 0.4) is 0 Å². The second-order valence-corrected chi connectivity index (χ2v) is 7.45. The molecule has 0 aromatic heterocycles. The zero-order valence-corrected chi connectivity index (χ0v) is 18.6. The van der Waals surface area contributed by atoms with Crippen LogP contribution in [0.5, 0.6) is 17.2 Å². The van der Waals surface area contributed by atoms with Gasteiger partial charge in [0.1, 0.15) is 17.2 Å². The van der Waals surface area contributed by atoms with Crippen molar-refractivity contribution in [1.29, 1.82) is 0 Å². The summed E-state index contributed by atoms with van der Waals surface area (Å²) in [6, 6.07) is 16.2. The summed E-state index contributed by atoms with van der Waals surface area (Å²) in [5.41, 5.74) is 22.8. The van der Waals surface area contributed by atoms with Crippen molar-refractivity contribution in [3.8, 4) is 17.2 Å². The van der Waals surface area contributed by atoms with E-state index in [4.69, 9.17) is 5.73 Å². The van der Waals surface area contributed by atoms with Crippen LogP contribution in [0.2, 0.25) is 0 Å². The molecule has 12 heteroatoms. The number of hydrogen-bond acceptors (Lipinski definition) is 11. The number of phenols is 3. The van der Waals surface area contributed by atoms with Gasteiger partial charge < -0.3 is 31.9 Å². The van der Waals surface area contributed by atoms with E-state index >= 15 is 0 Å². The Balaban J connectivity index is 1.47. The van der Waals surface area contributed by atoms with Crippen LogP contribution < -0.4 is 38.5 Å². The van der Waals surface area contributed by atoms with E-state index in [9.17, 15) is 24.9 Å². The van der Waals surface area contributed by atoms with Gasteiger partial charge in [0.25, 0.3) is 0 Å². The number of nitrogens with one attached hydrogen (secondary N) is 6. The number of ketones is 1. The topological polar surface area (TPSA) is 193 Å². The van der Waals surface area contributed by atoms with Crippen molar-refractivity contribution in [1.82, 2.24) is 16.5 Å². The summed E-state index contributed by atoms with van der Waals surface area (Å²) in [6.45, 7) is 0. The third kappa shape index (κ3) is 7.23. The van der Waals surface area contributed by atoms with E-state index in [0.717, 1.165) is 0 Å². The van der Waals surface area contributed by atoms with Gasteiger partial charge in [-0.3, -0.25) is 20.4 Å². The Morgan fingerprint density at radius 1 is 0.743 bits per heavy atom. The smallest absolute Gasteiger partial charge is 0.238 e. The number of aromatic hydroxyl groups is 3. The second kappa shape index (κ2) is 12.1. The minimum absolute atomic E-state index is 0.0184. The zero-order valence-electron chi connectivity index (χ0n) is 18.6. The van der Waals surface area contributed by atoms with E-state index in [1.807, 2.05) is 0 Å². The third-order valence-corrected chi connectivity index (χ3v) is 4.90. The molecule has 0 saturated heterocycles. The quantitative estimate of drug-likeness (QED) is 0.0783. The van der Waals surface area contributed by atoms with E-state index < -0.39 is 17.7 Å². The molecule has 0 spiro atoms. The fourth-order valence-corrected chi connectivity index (χ4v) is 2.98. The van der Waals surface area contributed by atoms with Crippen molar-refractivity contribution in [2.24, 2.45) is 5.73 Å². The van der Waals surface area contributed by atoms with Gasteiger partial charge in [0.2, 0.25) is 5.91 Å². The van der Waals surface area contributed by atoms with E-state index in [-0.39, 0.29) is 41.3 Å². The summed E-state index contributed by atoms with van der Waals surface area (Å²) in [5, 5.41) is 29.5. The highest BCUT2D eigenvalue weighted by molar-refractivity contribution is 6.01. The number of hydrazine groups is 4. The molecule has 1 amide bonds. The number of carbonyl (C=O) groups is 2. The summed E-state index contributed by atoms with van der Waals surface area (Å²) in [6.07, 6.45) is 0.0568. The lowest BCUT2D eigenvalue weighted by Crippen LogP contribution is -2.40. The molecule has 0 aliphatic rings. The first-order valence-corrected chi connectivity index (χ1v) is 10.6. The SMILES string of the molecule is NC(CCC(=O)NNc1ccccc1O)C(=O)c1ccc(O)c(NNNNc2ccccc2O)c1. The zero-order chi connectivity index (χ0) is 25.2. The number of hydrogen-bond donors (Lipinski definition) is 10. The summed E-state index contributed by atoms with van der Waals surface area (Å²) in [4.78, 5) is 24.8. The lowest BCUT2D eigenvalue weighted by Gasteiger charge is -2.15. The number of phenolic OH excluding ortho intramolecular Hbond substituents is 3. The van der Waals surface area contributed by atoms with Crippen molar-refractivity contribution in [2.45, 2.75) is 18.9 Å². The summed E-state index contributed by atoms with van der Waals surface area (Å²) in [5.74, 6) is -0.919. The first kappa shape index (κ1) is 25.1. The number of amides is 1. The maximum absolute atomic E-state index is 12.7. The fourth-order valence-electron chi connectivity index (χ4n) is 2.98. The molecule has 0 saturated carbocycles. The van der Waals surface area contributed by atoms with Gasteiger partial charge in [-0.2, -0.15) is 11.1 Å². The lowest BCUT2D eigenvalue weighted by molar-refractivity contribution is -0.120. The highest BCUT2D eigenvalue weighted by atomic mass is 16.3. The summed E-state index contributed by atoms with van der Waals surface area (Å²) in [7, 11) is 0. The first-order valence-electron chi connectivity index (χ1n) is 10.6. The normalized spacial score (nSPS) is 11.3. The third-order valence-electron chi connectivity index (χ3n) is 4.90. The lowest BCUT2D eigenvalue weighted by atomic mass is 10.00. The number of anilines is 3. The second-order valence-electron chi connectivity index (χ2n) is 7.45. The number of rotatable bonds is 12. The average Bonchev–Trinajstić information content (AvgIpc) is 2.86. The summed E-state index contributed by atoms with van der Waals surface area (Å²) < 4.78 is 0. The Morgan fingerprint density at radius 3 is 1.91 bits per heavy atom. The van der Waals surface area contributed by atoms with Crippen molar-refractivity contribution >= 4 is 28.8 Å². The molecule has 35 heavy (non-hydrogen) atoms. The number of carbonyl (C=O) groups excluding carboxylic acids is 2. The molecule has 0 fully saturated rings. The Hall–Kier alpha value is -4.52. The van der Waals surface area contributed by atoms with Crippen LogP contribution in [0.4, 0.5) is 17.1 Å². The van der Waals surface area contributed by atoms with Crippen LogP contribution >= 0.6 is 0 Å². The van der Waals surface area contributed by atoms with Crippen molar-refractivity contribution in [2.75, 3.05) is 16.3 Å². The predicted octanol–water partition coefficient (Wildman–Crippen LogP) is 1.69. The number of nitrogens with two attached hydrogens (primary N) is 1. The molecule has 3 aromatic carbocycles. The minimum atomic E-state index is -0.947. The Kier molecular flexibility index (Phi) is 8.67. The van der Waals surface area contributed by atoms with Crippen LogP contribution in [0.1, 0.15) is 23.2 Å². The average molecular weight is 482 g/mol. The van der Waals surface area contributed by atoms with Gasteiger partial charge in [0, 0.05) is 12.0 Å². The Morgan fingerprint density at radius 2 is 1.29 bits per heavy atom. The Labute approximate surface area is 201 Å². The largest absolute Gasteiger partial charge is 0.506 e. The van der Waals surface area contributed by atoms with Crippen LogP contribution in [-0.2, 0) is 4.79 Å². The highest BCUT2D eigenvalue weighted by Crippen LogP contribution is 2.25. The maximum atomic E-state index is 12.7. The van der Waals surface area contributed by atoms with Gasteiger partial charge in [-0.05, 0) is 48.9 Å². The number of Topliss-reactive ketones (excluding diaryl/α,β-unsaturated/α-hetero) is 1. The molecule has 12 nitrogen and oxygen atoms in total. The molecule has 184 valence electrons. The van der Waals surface area contributed by atoms with Gasteiger partial charge in [0.05, 0.1) is 23.1 Å². The molecule has 3 rings (SSSR count). The molecule has 0 aliphatic carbocycles. The van der Waals surface area contributed by atoms with E-state index in [1.165, 1.54) is 30.3 Å². The van der Waals surface area contributed by atoms with E-state index in [0.29, 0.717) is 11.4 Å². The van der Waals surface area contributed by atoms with Crippen LogP contribution in [-0.4, -0.2) is 33.1 Å². The fraction of sp³-hybridized carbons (Fsp3) is 0.130. The molecule has 0 radical (unpaired) electrons. The number of para-hydroxylation sites is 4. The van der Waals surface area contributed by atoms with Gasteiger partial charge in [-0.1, -0.05) is 24.3 Å². The van der Waals surface area contributed by atoms with Crippen molar-refractivity contribution < 1.29 is 24.9 Å². The van der Waals surface area contributed by atoms with Gasteiger partial charge in [-0.25, -0.2) is 0 Å². The molecule has 0 aliphatic heterocycles. The molecule has 0 heterocycles. The van der Waals surface area contributed by atoms with Gasteiger partial charge in [-0.15, -0.1) is 0 Å². The standard InChI is InChI=1S/C23H27N7O5/c24-15(10-12-22(34)28-25-16-5-1-3-7-19(16)31)23(35)14-9-11-21(33)18(13-14)27-30-29-26-17-6-2-4-8-20(17)32/h1-9,11,13,15,25-27,29-33H,10,12,24H2,(H,28,34). The molecule has 0 bridgehead atoms. The molecule has 1 atom stereocenters. The molecule has 1 unspecified atom stereocenters. The monoisotopic (exact) mass is 481 g/mol. The number of benzene rings is 3. The highest BCUT2D eigenvalue weighted by Gasteiger charge is 2.18. The predicted molar refractivity (Wildman–Crippen MR) is 131 cm³/mol. The van der Waals surface area contributed by atoms with Crippen molar-refractivity contribution in [3.63, 3.8) is 0 Å². The molecular weight excluding hydrogens is 454 g/mol. The van der Waals surface area contributed by atoms with Crippen molar-refractivity contribution in [3.05, 3.63) is 72.3 Å². The Bertz CT molecular complexity index is 1170. The molecule has 11 N–H and O–H groups in total. The minimum Gasteiger partial charge on any atom is -0.506 e. The van der Waals surface area contributed by atoms with Crippen LogP contribution in [0.25, 0.3) is 0 Å². The van der Waals surface area contributed by atoms with Gasteiger partial charge >= 0.3 is 0 Å². The maximum Gasteiger partial charge on any atom is 0.238 e. The van der Waals surface area contributed by atoms with Crippen LogP contribution in [0.15, 0.2) is 66.7 Å².